The summed E-state index contributed by atoms with van der Waals surface area (Å²) in [6.07, 6.45) is 1.22. The number of hydrogen-bond acceptors (Lipinski definition) is 2. The number of rotatable bonds is 0. The molecule has 0 aromatic heterocycles. The zero-order valence-electron chi connectivity index (χ0n) is 4.73. The fourth-order valence-corrected chi connectivity index (χ4v) is 1.42. The van der Waals surface area contributed by atoms with Gasteiger partial charge in [-0.3, -0.25) is 0 Å². The zero-order valence-corrected chi connectivity index (χ0v) is 6.89. The number of alkyl halides is 1. The molecule has 0 spiro atoms. The smallest absolute Gasteiger partial charge is 0.0285 e. The van der Waals surface area contributed by atoms with Crippen molar-refractivity contribution in [1.82, 2.24) is 5.32 Å². The normalized spacial score (nSPS) is 39.8. The Balaban J connectivity index is 2.28. The van der Waals surface area contributed by atoms with Crippen LogP contribution in [0.3, 0.4) is 0 Å². The lowest BCUT2D eigenvalue weighted by Gasteiger charge is -2.24. The molecule has 1 aliphatic heterocycles. The molecular formula is C5H11IN2. The highest BCUT2D eigenvalue weighted by Gasteiger charge is 2.17. The van der Waals surface area contributed by atoms with E-state index < -0.39 is 0 Å². The molecule has 0 aromatic carbocycles. The third kappa shape index (κ3) is 1.56. The van der Waals surface area contributed by atoms with Crippen LogP contribution in [0.4, 0.5) is 0 Å². The third-order valence-electron chi connectivity index (χ3n) is 1.44. The highest BCUT2D eigenvalue weighted by Crippen LogP contribution is 2.11. The van der Waals surface area contributed by atoms with Gasteiger partial charge in [-0.05, 0) is 13.0 Å². The summed E-state index contributed by atoms with van der Waals surface area (Å²) in [5, 5.41) is 3.24. The van der Waals surface area contributed by atoms with Crippen LogP contribution in [0.2, 0.25) is 0 Å². The molecule has 1 aliphatic rings. The van der Waals surface area contributed by atoms with Crippen molar-refractivity contribution >= 4 is 22.6 Å². The van der Waals surface area contributed by atoms with E-state index >= 15 is 0 Å². The molecule has 3 heteroatoms. The van der Waals surface area contributed by atoms with E-state index in [4.69, 9.17) is 5.73 Å². The molecule has 1 heterocycles. The van der Waals surface area contributed by atoms with Crippen LogP contribution >= 0.6 is 22.6 Å². The molecule has 3 N–H and O–H groups in total. The van der Waals surface area contributed by atoms with E-state index in [1.165, 1.54) is 6.42 Å². The highest BCUT2D eigenvalue weighted by molar-refractivity contribution is 14.1. The van der Waals surface area contributed by atoms with Crippen LogP contribution in [0, 0.1) is 0 Å². The van der Waals surface area contributed by atoms with Gasteiger partial charge in [0.05, 0.1) is 0 Å². The topological polar surface area (TPSA) is 38.0 Å². The van der Waals surface area contributed by atoms with Crippen LogP contribution in [0.15, 0.2) is 0 Å². The summed E-state index contributed by atoms with van der Waals surface area (Å²) in [6.45, 7) is 2.13. The largest absolute Gasteiger partial charge is 0.326 e. The minimum Gasteiger partial charge on any atom is -0.326 e. The van der Waals surface area contributed by atoms with Crippen LogP contribution in [0.25, 0.3) is 0 Å². The summed E-state index contributed by atoms with van der Waals surface area (Å²) in [5.74, 6) is 0. The Kier molecular flexibility index (Phi) is 2.52. The van der Waals surface area contributed by atoms with E-state index in [1.54, 1.807) is 0 Å². The summed E-state index contributed by atoms with van der Waals surface area (Å²) in [7, 11) is 0. The second-order valence-corrected chi connectivity index (χ2v) is 3.77. The van der Waals surface area contributed by atoms with Gasteiger partial charge < -0.3 is 11.1 Å². The van der Waals surface area contributed by atoms with Gasteiger partial charge in [-0.25, -0.2) is 0 Å². The van der Waals surface area contributed by atoms with Crippen molar-refractivity contribution in [3.05, 3.63) is 0 Å². The maximum Gasteiger partial charge on any atom is 0.0285 e. The number of nitrogens with two attached hydrogens (primary N) is 1. The van der Waals surface area contributed by atoms with Crippen molar-refractivity contribution in [2.75, 3.05) is 13.1 Å². The molecule has 0 saturated carbocycles. The average Bonchev–Trinajstić information content (AvgIpc) is 1.77. The number of hydrogen-bond donors (Lipinski definition) is 2. The zero-order chi connectivity index (χ0) is 5.98. The molecular weight excluding hydrogens is 215 g/mol. The first-order valence-electron chi connectivity index (χ1n) is 2.91. The molecule has 1 rings (SSSR count). The Morgan fingerprint density at radius 3 is 2.75 bits per heavy atom. The van der Waals surface area contributed by atoms with Crippen LogP contribution < -0.4 is 11.1 Å². The minimum atomic E-state index is 0.379. The van der Waals surface area contributed by atoms with Crippen LogP contribution in [0.5, 0.6) is 0 Å². The predicted octanol–water partition coefficient (Wildman–Crippen LogP) is 0.111. The SMILES string of the molecule is NC1CNCCC1I. The molecule has 0 radical (unpaired) electrons. The molecule has 0 bridgehead atoms. The molecule has 1 saturated heterocycles. The van der Waals surface area contributed by atoms with Crippen LogP contribution in [-0.2, 0) is 0 Å². The van der Waals surface area contributed by atoms with Gasteiger partial charge in [-0.15, -0.1) is 0 Å². The monoisotopic (exact) mass is 226 g/mol. The molecule has 48 valence electrons. The predicted molar refractivity (Wildman–Crippen MR) is 43.3 cm³/mol. The Labute approximate surface area is 63.3 Å². The van der Waals surface area contributed by atoms with Gasteiger partial charge in [0.2, 0.25) is 0 Å². The van der Waals surface area contributed by atoms with E-state index in [9.17, 15) is 0 Å². The lowest BCUT2D eigenvalue weighted by molar-refractivity contribution is 0.482. The quantitative estimate of drug-likeness (QED) is 0.454. The van der Waals surface area contributed by atoms with E-state index in [1.807, 2.05) is 0 Å². The van der Waals surface area contributed by atoms with Crippen molar-refractivity contribution in [3.8, 4) is 0 Å². The third-order valence-corrected chi connectivity index (χ3v) is 2.99. The summed E-state index contributed by atoms with van der Waals surface area (Å²) in [4.78, 5) is 0. The Bertz CT molecular complexity index is 66.8. The van der Waals surface area contributed by atoms with E-state index in [0.29, 0.717) is 9.97 Å². The molecule has 8 heavy (non-hydrogen) atoms. The standard InChI is InChI=1S/C5H11IN2/c6-4-1-2-8-3-5(4)7/h4-5,8H,1-3,7H2. The second kappa shape index (κ2) is 2.98. The summed E-state index contributed by atoms with van der Waals surface area (Å²) in [6, 6.07) is 0.379. The van der Waals surface area contributed by atoms with Crippen LogP contribution in [0.1, 0.15) is 6.42 Å². The van der Waals surface area contributed by atoms with E-state index in [-0.39, 0.29) is 0 Å². The molecule has 0 aliphatic carbocycles. The Morgan fingerprint density at radius 2 is 2.38 bits per heavy atom. The van der Waals surface area contributed by atoms with Crippen LogP contribution in [-0.4, -0.2) is 23.1 Å². The first-order chi connectivity index (χ1) is 3.80. The first-order valence-corrected chi connectivity index (χ1v) is 4.15. The fraction of sp³-hybridized carbons (Fsp3) is 1.00. The molecule has 2 atom stereocenters. The fourth-order valence-electron chi connectivity index (χ4n) is 0.851. The average molecular weight is 226 g/mol. The maximum absolute atomic E-state index is 5.71. The Hall–Kier alpha value is 0.650. The van der Waals surface area contributed by atoms with Gasteiger partial charge in [0.15, 0.2) is 0 Å². The lowest BCUT2D eigenvalue weighted by Crippen LogP contribution is -2.46. The van der Waals surface area contributed by atoms with E-state index in [0.717, 1.165) is 13.1 Å². The molecule has 0 aromatic rings. The highest BCUT2D eigenvalue weighted by atomic mass is 127. The number of piperidine rings is 1. The maximum atomic E-state index is 5.71. The molecule has 1 fully saturated rings. The number of nitrogens with one attached hydrogen (secondary N) is 1. The lowest BCUT2D eigenvalue weighted by atomic mass is 10.1. The van der Waals surface area contributed by atoms with Gasteiger partial charge in [0.25, 0.3) is 0 Å². The van der Waals surface area contributed by atoms with Gasteiger partial charge in [-0.2, -0.15) is 0 Å². The second-order valence-electron chi connectivity index (χ2n) is 2.17. The van der Waals surface area contributed by atoms with Crippen molar-refractivity contribution in [3.63, 3.8) is 0 Å². The summed E-state index contributed by atoms with van der Waals surface area (Å²) in [5.41, 5.74) is 5.71. The van der Waals surface area contributed by atoms with Crippen molar-refractivity contribution in [2.45, 2.75) is 16.4 Å². The van der Waals surface area contributed by atoms with Gasteiger partial charge in [0.1, 0.15) is 0 Å². The molecule has 2 nitrogen and oxygen atoms in total. The van der Waals surface area contributed by atoms with Gasteiger partial charge in [-0.1, -0.05) is 22.6 Å². The summed E-state index contributed by atoms with van der Waals surface area (Å²) < 4.78 is 0.689. The minimum absolute atomic E-state index is 0.379. The number of halogens is 1. The van der Waals surface area contributed by atoms with Gasteiger partial charge in [0, 0.05) is 16.5 Å². The first kappa shape index (κ1) is 6.77. The summed E-state index contributed by atoms with van der Waals surface area (Å²) >= 11 is 2.42. The van der Waals surface area contributed by atoms with Crippen molar-refractivity contribution < 1.29 is 0 Å². The Morgan fingerprint density at radius 1 is 1.62 bits per heavy atom. The van der Waals surface area contributed by atoms with Crippen molar-refractivity contribution in [2.24, 2.45) is 5.73 Å². The van der Waals surface area contributed by atoms with Crippen molar-refractivity contribution in [1.29, 1.82) is 0 Å². The molecule has 2 unspecified atom stereocenters. The van der Waals surface area contributed by atoms with E-state index in [2.05, 4.69) is 27.9 Å². The molecule has 0 amide bonds. The van der Waals surface area contributed by atoms with Gasteiger partial charge >= 0.3 is 0 Å².